The lowest BCUT2D eigenvalue weighted by Crippen LogP contribution is -2.43. The van der Waals surface area contributed by atoms with Crippen LogP contribution in [0.5, 0.6) is 0 Å². The second-order valence-electron chi connectivity index (χ2n) is 9.29. The Bertz CT molecular complexity index is 1320. The van der Waals surface area contributed by atoms with Gasteiger partial charge in [0.05, 0.1) is 5.92 Å². The highest BCUT2D eigenvalue weighted by Gasteiger charge is 2.28. The largest absolute Gasteiger partial charge is 0.356 e. The topological polar surface area (TPSA) is 109 Å². The fraction of sp³-hybridized carbons (Fsp3) is 0.480. The van der Waals surface area contributed by atoms with Gasteiger partial charge >= 0.3 is 0 Å². The van der Waals surface area contributed by atoms with Crippen molar-refractivity contribution >= 4 is 44.3 Å². The van der Waals surface area contributed by atoms with Gasteiger partial charge in [0.25, 0.3) is 5.56 Å². The van der Waals surface area contributed by atoms with Gasteiger partial charge in [0.15, 0.2) is 10.8 Å². The lowest BCUT2D eigenvalue weighted by atomic mass is 9.97. The maximum absolute atomic E-state index is 13.1. The van der Waals surface area contributed by atoms with E-state index in [1.54, 1.807) is 0 Å². The molecule has 0 bridgehead atoms. The molecule has 2 N–H and O–H groups in total. The first-order valence-electron chi connectivity index (χ1n) is 12.3. The van der Waals surface area contributed by atoms with Gasteiger partial charge in [-0.2, -0.15) is 4.98 Å². The number of piperidine rings is 1. The Morgan fingerprint density at radius 3 is 2.91 bits per heavy atom. The van der Waals surface area contributed by atoms with Crippen LogP contribution >= 0.6 is 11.3 Å². The molecule has 1 aliphatic heterocycles. The zero-order valence-corrected chi connectivity index (χ0v) is 20.7. The zero-order valence-electron chi connectivity index (χ0n) is 19.9. The summed E-state index contributed by atoms with van der Waals surface area (Å²) in [5, 5.41) is 6.57. The van der Waals surface area contributed by atoms with Gasteiger partial charge in [0.1, 0.15) is 17.6 Å². The van der Waals surface area contributed by atoms with E-state index in [9.17, 15) is 14.4 Å². The first kappa shape index (κ1) is 23.5. The Morgan fingerprint density at radius 2 is 2.06 bits per heavy atom. The van der Waals surface area contributed by atoms with Crippen molar-refractivity contribution in [3.63, 3.8) is 0 Å². The van der Waals surface area contributed by atoms with E-state index < -0.39 is 0 Å². The van der Waals surface area contributed by atoms with Gasteiger partial charge in [-0.1, -0.05) is 24.3 Å². The first-order valence-corrected chi connectivity index (χ1v) is 13.1. The Kier molecular flexibility index (Phi) is 6.81. The van der Waals surface area contributed by atoms with Crippen LogP contribution in [0, 0.1) is 5.92 Å². The number of carbonyl (C=O) groups excluding carboxylic acids is 2. The Morgan fingerprint density at radius 1 is 1.20 bits per heavy atom. The number of anilines is 2. The minimum atomic E-state index is -0.280. The SMILES string of the molecule is CCCNC(=O)C1CCCN(c2nc3ncn(CC(=O)Nc4ccc5c(c4)CCC5)c(=O)c3s2)C1. The predicted molar refractivity (Wildman–Crippen MR) is 137 cm³/mol. The van der Waals surface area contributed by atoms with Crippen LogP contribution in [0.1, 0.15) is 43.7 Å². The summed E-state index contributed by atoms with van der Waals surface area (Å²) in [4.78, 5) is 49.1. The smallest absolute Gasteiger partial charge is 0.273 e. The summed E-state index contributed by atoms with van der Waals surface area (Å²) in [5.41, 5.74) is 3.47. The van der Waals surface area contributed by atoms with Crippen molar-refractivity contribution in [3.8, 4) is 0 Å². The minimum Gasteiger partial charge on any atom is -0.356 e. The highest BCUT2D eigenvalue weighted by molar-refractivity contribution is 7.22. The molecule has 2 aliphatic rings. The van der Waals surface area contributed by atoms with Crippen LogP contribution in [-0.2, 0) is 29.0 Å². The lowest BCUT2D eigenvalue weighted by molar-refractivity contribution is -0.125. The molecular formula is C25H30N6O3S. The molecule has 3 heterocycles. The number of rotatable bonds is 7. The molecule has 2 amide bonds. The van der Waals surface area contributed by atoms with Gasteiger partial charge in [-0.3, -0.25) is 19.0 Å². The van der Waals surface area contributed by atoms with Crippen molar-refractivity contribution in [2.75, 3.05) is 29.9 Å². The van der Waals surface area contributed by atoms with Crippen LogP contribution in [0.3, 0.4) is 0 Å². The molecule has 1 aliphatic carbocycles. The van der Waals surface area contributed by atoms with Crippen molar-refractivity contribution in [2.24, 2.45) is 5.92 Å². The molecule has 10 heteroatoms. The van der Waals surface area contributed by atoms with Crippen LogP contribution < -0.4 is 21.1 Å². The molecule has 1 atom stereocenters. The standard InChI is InChI=1S/C25H30N6O3S/c1-2-10-26-23(33)18-7-4-11-30(13-18)25-29-22-21(35-25)24(34)31(15-27-22)14-20(32)28-19-9-8-16-5-3-6-17(16)12-19/h8-9,12,15,18H,2-7,10-11,13-14H2,1H3,(H,26,33)(H,28,32). The number of nitrogens with zero attached hydrogens (tertiary/aromatic N) is 4. The summed E-state index contributed by atoms with van der Waals surface area (Å²) < 4.78 is 1.75. The molecule has 0 radical (unpaired) electrons. The van der Waals surface area contributed by atoms with E-state index in [2.05, 4.69) is 31.6 Å². The number of thiazole rings is 1. The van der Waals surface area contributed by atoms with E-state index in [0.29, 0.717) is 28.6 Å². The zero-order chi connectivity index (χ0) is 24.4. The van der Waals surface area contributed by atoms with Gasteiger partial charge in [0.2, 0.25) is 11.8 Å². The van der Waals surface area contributed by atoms with Crippen molar-refractivity contribution < 1.29 is 9.59 Å². The van der Waals surface area contributed by atoms with Crippen molar-refractivity contribution in [1.82, 2.24) is 19.9 Å². The van der Waals surface area contributed by atoms with Gasteiger partial charge in [-0.15, -0.1) is 0 Å². The minimum absolute atomic E-state index is 0.0764. The van der Waals surface area contributed by atoms with E-state index in [0.717, 1.165) is 50.8 Å². The molecule has 5 rings (SSSR count). The first-order chi connectivity index (χ1) is 17.0. The molecular weight excluding hydrogens is 464 g/mol. The summed E-state index contributed by atoms with van der Waals surface area (Å²) >= 11 is 1.28. The van der Waals surface area contributed by atoms with Crippen molar-refractivity contribution in [1.29, 1.82) is 0 Å². The number of nitrogens with one attached hydrogen (secondary N) is 2. The average Bonchev–Trinajstić information content (AvgIpc) is 3.51. The monoisotopic (exact) mass is 494 g/mol. The van der Waals surface area contributed by atoms with E-state index >= 15 is 0 Å². The third-order valence-electron chi connectivity index (χ3n) is 6.68. The number of aromatic nitrogens is 3. The fourth-order valence-corrected chi connectivity index (χ4v) is 5.85. The van der Waals surface area contributed by atoms with Crippen LogP contribution in [-0.4, -0.2) is 46.0 Å². The van der Waals surface area contributed by atoms with Crippen molar-refractivity contribution in [3.05, 3.63) is 46.0 Å². The molecule has 1 fully saturated rings. The van der Waals surface area contributed by atoms with Crippen molar-refractivity contribution in [2.45, 2.75) is 52.0 Å². The highest BCUT2D eigenvalue weighted by atomic mass is 32.1. The maximum atomic E-state index is 13.1. The summed E-state index contributed by atoms with van der Waals surface area (Å²) in [6, 6.07) is 6.00. The van der Waals surface area contributed by atoms with Gasteiger partial charge in [-0.05, 0) is 61.8 Å². The fourth-order valence-electron chi connectivity index (χ4n) is 4.85. The van der Waals surface area contributed by atoms with E-state index in [1.807, 2.05) is 19.1 Å². The van der Waals surface area contributed by atoms with Gasteiger partial charge in [0, 0.05) is 25.3 Å². The second-order valence-corrected chi connectivity index (χ2v) is 10.3. The van der Waals surface area contributed by atoms with Crippen LogP contribution in [0.2, 0.25) is 0 Å². The Labute approximate surface area is 207 Å². The number of fused-ring (bicyclic) bond motifs is 2. The number of hydrogen-bond donors (Lipinski definition) is 2. The third-order valence-corrected chi connectivity index (χ3v) is 7.77. The Balaban J connectivity index is 1.28. The van der Waals surface area contributed by atoms with Gasteiger partial charge < -0.3 is 15.5 Å². The molecule has 35 heavy (non-hydrogen) atoms. The molecule has 9 nitrogen and oxygen atoms in total. The predicted octanol–water partition coefficient (Wildman–Crippen LogP) is 2.72. The van der Waals surface area contributed by atoms with E-state index in [-0.39, 0.29) is 29.8 Å². The van der Waals surface area contributed by atoms with Gasteiger partial charge in [-0.25, -0.2) is 4.98 Å². The number of benzene rings is 1. The molecule has 1 aromatic carbocycles. The second kappa shape index (κ2) is 10.2. The Hall–Kier alpha value is -3.27. The molecule has 0 saturated carbocycles. The molecule has 1 saturated heterocycles. The van der Waals surface area contributed by atoms with E-state index in [4.69, 9.17) is 0 Å². The normalized spacial score (nSPS) is 17.4. The number of aryl methyl sites for hydroxylation is 2. The van der Waals surface area contributed by atoms with Crippen LogP contribution in [0.15, 0.2) is 29.3 Å². The quantitative estimate of drug-likeness (QED) is 0.523. The third kappa shape index (κ3) is 5.07. The van der Waals surface area contributed by atoms with E-state index in [1.165, 1.54) is 33.4 Å². The average molecular weight is 495 g/mol. The molecule has 184 valence electrons. The van der Waals surface area contributed by atoms with Crippen LogP contribution in [0.25, 0.3) is 10.3 Å². The molecule has 1 unspecified atom stereocenters. The highest BCUT2D eigenvalue weighted by Crippen LogP contribution is 2.29. The summed E-state index contributed by atoms with van der Waals surface area (Å²) in [5.74, 6) is -0.282. The lowest BCUT2D eigenvalue weighted by Gasteiger charge is -2.31. The maximum Gasteiger partial charge on any atom is 0.273 e. The molecule has 3 aromatic rings. The van der Waals surface area contributed by atoms with Crippen LogP contribution in [0.4, 0.5) is 10.8 Å². The molecule has 2 aromatic heterocycles. The molecule has 0 spiro atoms. The number of hydrogen-bond acceptors (Lipinski definition) is 7. The summed E-state index contributed by atoms with van der Waals surface area (Å²) in [7, 11) is 0. The summed E-state index contributed by atoms with van der Waals surface area (Å²) in [6.07, 6.45) is 7.30. The number of amides is 2. The summed E-state index contributed by atoms with van der Waals surface area (Å²) in [6.45, 7) is 3.96. The number of carbonyl (C=O) groups is 2.